The molecule has 1 aliphatic rings. The summed E-state index contributed by atoms with van der Waals surface area (Å²) in [6.45, 7) is 5.86. The Hall–Kier alpha value is -4.45. The summed E-state index contributed by atoms with van der Waals surface area (Å²) in [5.74, 6) is 0.645. The molecule has 6 heteroatoms. The summed E-state index contributed by atoms with van der Waals surface area (Å²) < 4.78 is 7.63. The highest BCUT2D eigenvalue weighted by Gasteiger charge is 2.29. The molecule has 0 fully saturated rings. The van der Waals surface area contributed by atoms with Crippen LogP contribution in [0.3, 0.4) is 0 Å². The van der Waals surface area contributed by atoms with E-state index in [2.05, 4.69) is 5.10 Å². The van der Waals surface area contributed by atoms with Crippen molar-refractivity contribution in [2.45, 2.75) is 26.9 Å². The molecule has 174 valence electrons. The number of hydrogen-bond donors (Lipinski definition) is 0. The Bertz CT molecular complexity index is 1400. The van der Waals surface area contributed by atoms with Crippen LogP contribution in [0.2, 0.25) is 0 Å². The molecule has 3 aromatic carbocycles. The molecule has 1 aromatic heterocycles. The number of hydrazone groups is 1. The maximum atomic E-state index is 13.3. The fourth-order valence-corrected chi connectivity index (χ4v) is 3.98. The molecule has 6 nitrogen and oxygen atoms in total. The van der Waals surface area contributed by atoms with Gasteiger partial charge in [0.2, 0.25) is 0 Å². The minimum atomic E-state index is -0.159. The van der Waals surface area contributed by atoms with Gasteiger partial charge in [-0.2, -0.15) is 15.2 Å². The van der Waals surface area contributed by atoms with Crippen LogP contribution in [-0.2, 0) is 4.79 Å². The second kappa shape index (κ2) is 9.43. The third kappa shape index (κ3) is 4.64. The number of benzene rings is 3. The zero-order valence-corrected chi connectivity index (χ0v) is 19.9. The number of para-hydroxylation sites is 2. The van der Waals surface area contributed by atoms with Crippen LogP contribution >= 0.6 is 0 Å². The average Bonchev–Trinajstić information content (AvgIpc) is 3.42. The van der Waals surface area contributed by atoms with E-state index in [1.165, 1.54) is 5.01 Å². The first-order valence-corrected chi connectivity index (χ1v) is 11.6. The quantitative estimate of drug-likeness (QED) is 0.324. The third-order valence-electron chi connectivity index (χ3n) is 5.63. The van der Waals surface area contributed by atoms with E-state index in [0.717, 1.165) is 33.9 Å². The normalized spacial score (nSPS) is 14.6. The van der Waals surface area contributed by atoms with Gasteiger partial charge in [0.1, 0.15) is 5.75 Å². The Kier molecular flexibility index (Phi) is 6.02. The van der Waals surface area contributed by atoms with Gasteiger partial charge in [-0.1, -0.05) is 36.4 Å². The fraction of sp³-hybridized carbons (Fsp3) is 0.138. The van der Waals surface area contributed by atoms with Gasteiger partial charge in [-0.15, -0.1) is 0 Å². The van der Waals surface area contributed by atoms with Crippen LogP contribution in [0.25, 0.3) is 23.0 Å². The zero-order valence-electron chi connectivity index (χ0n) is 19.9. The third-order valence-corrected chi connectivity index (χ3v) is 5.63. The lowest BCUT2D eigenvalue weighted by Gasteiger charge is -2.11. The zero-order chi connectivity index (χ0) is 24.4. The van der Waals surface area contributed by atoms with Crippen molar-refractivity contribution in [1.29, 1.82) is 0 Å². The highest BCUT2D eigenvalue weighted by Crippen LogP contribution is 2.30. The predicted molar refractivity (Wildman–Crippen MR) is 140 cm³/mol. The number of ether oxygens (including phenoxy) is 1. The van der Waals surface area contributed by atoms with Crippen molar-refractivity contribution in [3.05, 3.63) is 102 Å². The van der Waals surface area contributed by atoms with Gasteiger partial charge in [0.25, 0.3) is 5.91 Å². The first-order chi connectivity index (χ1) is 17.0. The molecule has 0 bridgehead atoms. The van der Waals surface area contributed by atoms with Crippen molar-refractivity contribution < 1.29 is 9.53 Å². The summed E-state index contributed by atoms with van der Waals surface area (Å²) in [6, 6.07) is 27.2. The number of rotatable bonds is 6. The summed E-state index contributed by atoms with van der Waals surface area (Å²) in [5, 5.41) is 10.8. The standard InChI is InChI=1S/C29H26N4O2/c1-20(2)35-26-16-14-22(15-17-26)28-23(19-32(31-28)24-10-6-4-7-11-24)18-27-21(3)30-33(29(27)34)25-12-8-5-9-13-25/h4-20H,1-3H3. The summed E-state index contributed by atoms with van der Waals surface area (Å²) >= 11 is 0. The molecule has 0 atom stereocenters. The monoisotopic (exact) mass is 462 g/mol. The van der Waals surface area contributed by atoms with Gasteiger partial charge in [0, 0.05) is 17.3 Å². The van der Waals surface area contributed by atoms with Crippen molar-refractivity contribution in [2.24, 2.45) is 5.10 Å². The molecule has 0 unspecified atom stereocenters. The maximum Gasteiger partial charge on any atom is 0.280 e. The maximum absolute atomic E-state index is 13.3. The van der Waals surface area contributed by atoms with Crippen LogP contribution in [0.1, 0.15) is 26.3 Å². The molecule has 0 saturated carbocycles. The number of nitrogens with zero attached hydrogens (tertiary/aromatic N) is 4. The van der Waals surface area contributed by atoms with Crippen molar-refractivity contribution in [3.8, 4) is 22.7 Å². The van der Waals surface area contributed by atoms with Crippen LogP contribution < -0.4 is 9.75 Å². The van der Waals surface area contributed by atoms with Gasteiger partial charge < -0.3 is 4.74 Å². The van der Waals surface area contributed by atoms with Crippen molar-refractivity contribution in [2.75, 3.05) is 5.01 Å². The average molecular weight is 463 g/mol. The highest BCUT2D eigenvalue weighted by molar-refractivity contribution is 6.32. The number of aromatic nitrogens is 2. The van der Waals surface area contributed by atoms with Crippen LogP contribution in [-0.4, -0.2) is 27.5 Å². The fourth-order valence-electron chi connectivity index (χ4n) is 3.98. The van der Waals surface area contributed by atoms with Crippen LogP contribution in [0.15, 0.2) is 102 Å². The SMILES string of the molecule is CC1=NN(c2ccccc2)C(=O)C1=Cc1cn(-c2ccccc2)nc1-c1ccc(OC(C)C)cc1. The first kappa shape index (κ1) is 22.3. The minimum Gasteiger partial charge on any atom is -0.491 e. The Morgan fingerprint density at radius 3 is 2.11 bits per heavy atom. The molecule has 1 amide bonds. The number of anilines is 1. The summed E-state index contributed by atoms with van der Waals surface area (Å²) in [4.78, 5) is 13.3. The molecule has 0 N–H and O–H groups in total. The van der Waals surface area contributed by atoms with E-state index in [9.17, 15) is 4.79 Å². The Morgan fingerprint density at radius 2 is 1.49 bits per heavy atom. The number of carbonyl (C=O) groups is 1. The topological polar surface area (TPSA) is 59.7 Å². The van der Waals surface area contributed by atoms with E-state index in [1.807, 2.05) is 123 Å². The minimum absolute atomic E-state index is 0.0987. The number of amides is 1. The lowest BCUT2D eigenvalue weighted by Crippen LogP contribution is -2.21. The molecule has 1 aliphatic heterocycles. The molecule has 35 heavy (non-hydrogen) atoms. The van der Waals surface area contributed by atoms with Crippen molar-refractivity contribution in [1.82, 2.24) is 9.78 Å². The van der Waals surface area contributed by atoms with Crippen molar-refractivity contribution >= 4 is 23.4 Å². The Balaban J connectivity index is 1.56. The Labute approximate surface area is 204 Å². The largest absolute Gasteiger partial charge is 0.491 e. The van der Waals surface area contributed by atoms with E-state index in [0.29, 0.717) is 11.3 Å². The highest BCUT2D eigenvalue weighted by atomic mass is 16.5. The van der Waals surface area contributed by atoms with Gasteiger partial charge in [-0.25, -0.2) is 4.68 Å². The molecule has 0 radical (unpaired) electrons. The van der Waals surface area contributed by atoms with Gasteiger partial charge in [0.15, 0.2) is 0 Å². The van der Waals surface area contributed by atoms with Crippen LogP contribution in [0, 0.1) is 0 Å². The predicted octanol–water partition coefficient (Wildman–Crippen LogP) is 6.13. The molecular weight excluding hydrogens is 436 g/mol. The van der Waals surface area contributed by atoms with Gasteiger partial charge in [0.05, 0.1) is 34.5 Å². The van der Waals surface area contributed by atoms with Gasteiger partial charge in [-0.3, -0.25) is 4.79 Å². The summed E-state index contributed by atoms with van der Waals surface area (Å²) in [5.41, 5.74) is 5.42. The lowest BCUT2D eigenvalue weighted by molar-refractivity contribution is -0.114. The number of carbonyl (C=O) groups excluding carboxylic acids is 1. The molecular formula is C29H26N4O2. The van der Waals surface area contributed by atoms with E-state index < -0.39 is 0 Å². The molecule has 0 aliphatic carbocycles. The second-order valence-electron chi connectivity index (χ2n) is 8.60. The second-order valence-corrected chi connectivity index (χ2v) is 8.60. The summed E-state index contributed by atoms with van der Waals surface area (Å²) in [7, 11) is 0. The molecule has 4 aromatic rings. The Morgan fingerprint density at radius 1 is 0.857 bits per heavy atom. The van der Waals surface area contributed by atoms with Crippen molar-refractivity contribution in [3.63, 3.8) is 0 Å². The van der Waals surface area contributed by atoms with Gasteiger partial charge >= 0.3 is 0 Å². The van der Waals surface area contributed by atoms with Crippen LogP contribution in [0.5, 0.6) is 5.75 Å². The van der Waals surface area contributed by atoms with E-state index >= 15 is 0 Å². The van der Waals surface area contributed by atoms with E-state index in [1.54, 1.807) is 0 Å². The lowest BCUT2D eigenvalue weighted by atomic mass is 10.0. The van der Waals surface area contributed by atoms with E-state index in [4.69, 9.17) is 9.84 Å². The summed E-state index contributed by atoms with van der Waals surface area (Å²) in [6.07, 6.45) is 3.92. The molecule has 2 heterocycles. The number of hydrogen-bond acceptors (Lipinski definition) is 4. The molecule has 0 saturated heterocycles. The molecule has 5 rings (SSSR count). The first-order valence-electron chi connectivity index (χ1n) is 11.6. The van der Waals surface area contributed by atoms with E-state index in [-0.39, 0.29) is 12.0 Å². The molecule has 0 spiro atoms. The van der Waals surface area contributed by atoms with Crippen LogP contribution in [0.4, 0.5) is 5.69 Å². The van der Waals surface area contributed by atoms with Gasteiger partial charge in [-0.05, 0) is 75.4 Å². The smallest absolute Gasteiger partial charge is 0.280 e.